The van der Waals surface area contributed by atoms with Gasteiger partial charge in [0.2, 0.25) is 5.95 Å². The lowest BCUT2D eigenvalue weighted by Crippen LogP contribution is -2.39. The van der Waals surface area contributed by atoms with Crippen molar-refractivity contribution >= 4 is 29.2 Å². The van der Waals surface area contributed by atoms with E-state index in [1.165, 1.54) is 10.6 Å². The predicted octanol–water partition coefficient (Wildman–Crippen LogP) is 4.00. The molecule has 0 spiro atoms. The van der Waals surface area contributed by atoms with Gasteiger partial charge in [0.15, 0.2) is 0 Å². The Bertz CT molecular complexity index is 1080. The molecule has 0 radical (unpaired) electrons. The Morgan fingerprint density at radius 3 is 2.42 bits per heavy atom. The van der Waals surface area contributed by atoms with Crippen molar-refractivity contribution in [1.29, 1.82) is 0 Å². The summed E-state index contributed by atoms with van der Waals surface area (Å²) in [6.45, 7) is 4.01. The Kier molecular flexibility index (Phi) is 6.73. The fraction of sp³-hybridized carbons (Fsp3) is 0.364. The van der Waals surface area contributed by atoms with Crippen LogP contribution in [0.15, 0.2) is 47.8 Å². The highest BCUT2D eigenvalue weighted by Crippen LogP contribution is 2.26. The van der Waals surface area contributed by atoms with Crippen LogP contribution in [-0.2, 0) is 13.0 Å². The lowest BCUT2D eigenvalue weighted by atomic mass is 10.1. The second-order valence-corrected chi connectivity index (χ2v) is 8.28. The molecule has 0 bridgehead atoms. The Hall–Kier alpha value is -2.64. The monoisotopic (exact) mass is 459 g/mol. The molecule has 0 unspecified atom stereocenters. The number of nitrogens with zero attached hydrogens (tertiary/aromatic N) is 5. The molecule has 31 heavy (non-hydrogen) atoms. The summed E-state index contributed by atoms with van der Waals surface area (Å²) in [5, 5.41) is 0.816. The van der Waals surface area contributed by atoms with Crippen LogP contribution in [0.4, 0.5) is 5.95 Å². The molecule has 7 nitrogen and oxygen atoms in total. The highest BCUT2D eigenvalue weighted by Gasteiger charge is 2.23. The lowest BCUT2D eigenvalue weighted by molar-refractivity contribution is 0.170. The third-order valence-electron chi connectivity index (χ3n) is 5.30. The number of anilines is 1. The Balaban J connectivity index is 1.37. The molecular weight excluding hydrogens is 437 g/mol. The smallest absolute Gasteiger partial charge is 0.254 e. The number of hydrogen-bond donors (Lipinski definition) is 0. The van der Waals surface area contributed by atoms with Crippen LogP contribution in [0.1, 0.15) is 30.9 Å². The summed E-state index contributed by atoms with van der Waals surface area (Å²) in [6, 6.07) is 4.97. The zero-order chi connectivity index (χ0) is 21.8. The van der Waals surface area contributed by atoms with E-state index in [0.29, 0.717) is 22.5 Å². The van der Waals surface area contributed by atoms with Crippen LogP contribution in [0.3, 0.4) is 0 Å². The topological polar surface area (TPSA) is 73.1 Å². The van der Waals surface area contributed by atoms with E-state index in [1.807, 2.05) is 18.5 Å². The van der Waals surface area contributed by atoms with Crippen LogP contribution in [0.2, 0.25) is 10.2 Å². The molecule has 4 heterocycles. The average Bonchev–Trinajstić information content (AvgIpc) is 2.79. The van der Waals surface area contributed by atoms with E-state index in [2.05, 4.69) is 26.8 Å². The fourth-order valence-corrected chi connectivity index (χ4v) is 3.81. The molecule has 1 saturated heterocycles. The molecule has 1 fully saturated rings. The van der Waals surface area contributed by atoms with E-state index in [1.54, 1.807) is 18.5 Å². The quantitative estimate of drug-likeness (QED) is 0.518. The number of aromatic nitrogens is 4. The minimum Gasteiger partial charge on any atom is -0.488 e. The van der Waals surface area contributed by atoms with Gasteiger partial charge in [-0.3, -0.25) is 4.79 Å². The maximum absolute atomic E-state index is 12.5. The molecule has 4 rings (SSSR count). The van der Waals surface area contributed by atoms with Gasteiger partial charge < -0.3 is 14.2 Å². The van der Waals surface area contributed by atoms with Crippen molar-refractivity contribution in [2.24, 2.45) is 0 Å². The van der Waals surface area contributed by atoms with Gasteiger partial charge in [0.25, 0.3) is 5.56 Å². The fourth-order valence-electron chi connectivity index (χ4n) is 3.49. The number of ether oxygens (including phenoxy) is 1. The van der Waals surface area contributed by atoms with Gasteiger partial charge in [-0.05, 0) is 23.6 Å². The van der Waals surface area contributed by atoms with Crippen LogP contribution in [0.5, 0.6) is 5.75 Å². The molecule has 3 aromatic heterocycles. The molecule has 3 aromatic rings. The lowest BCUT2D eigenvalue weighted by Gasteiger charge is -2.32. The van der Waals surface area contributed by atoms with Gasteiger partial charge in [0.05, 0.1) is 11.6 Å². The first-order valence-electron chi connectivity index (χ1n) is 10.2. The van der Waals surface area contributed by atoms with Crippen molar-refractivity contribution in [2.75, 3.05) is 18.0 Å². The SMILES string of the molecule is CCc1cnc(N2CCC(Oc3cc(=O)n(Cc4ccc(Cl)nc4)cc3Cl)CC2)nc1. The number of pyridine rings is 2. The largest absolute Gasteiger partial charge is 0.488 e. The summed E-state index contributed by atoms with van der Waals surface area (Å²) < 4.78 is 7.59. The third kappa shape index (κ3) is 5.35. The first kappa shape index (κ1) is 21.6. The van der Waals surface area contributed by atoms with Crippen molar-refractivity contribution < 1.29 is 4.74 Å². The van der Waals surface area contributed by atoms with Gasteiger partial charge >= 0.3 is 0 Å². The highest BCUT2D eigenvalue weighted by atomic mass is 35.5. The molecule has 0 aromatic carbocycles. The van der Waals surface area contributed by atoms with Crippen LogP contribution in [-0.4, -0.2) is 38.7 Å². The molecule has 162 valence electrons. The first-order chi connectivity index (χ1) is 15.0. The molecule has 1 aliphatic heterocycles. The molecule has 0 aliphatic carbocycles. The summed E-state index contributed by atoms with van der Waals surface area (Å²) >= 11 is 12.2. The van der Waals surface area contributed by atoms with E-state index >= 15 is 0 Å². The van der Waals surface area contributed by atoms with Crippen LogP contribution in [0, 0.1) is 0 Å². The zero-order valence-corrected chi connectivity index (χ0v) is 18.7. The predicted molar refractivity (Wildman–Crippen MR) is 121 cm³/mol. The van der Waals surface area contributed by atoms with Crippen molar-refractivity contribution in [3.63, 3.8) is 0 Å². The number of halogens is 2. The van der Waals surface area contributed by atoms with Crippen molar-refractivity contribution in [3.8, 4) is 5.75 Å². The summed E-state index contributed by atoms with van der Waals surface area (Å²) in [4.78, 5) is 27.6. The number of rotatable bonds is 6. The van der Waals surface area contributed by atoms with Gasteiger partial charge in [-0.25, -0.2) is 15.0 Å². The molecule has 1 aliphatic rings. The Labute approximate surface area is 190 Å². The van der Waals surface area contributed by atoms with Gasteiger partial charge in [-0.15, -0.1) is 0 Å². The molecule has 0 saturated carbocycles. The molecule has 0 atom stereocenters. The molecular formula is C22H23Cl2N5O2. The van der Waals surface area contributed by atoms with E-state index in [9.17, 15) is 4.79 Å². The van der Waals surface area contributed by atoms with Crippen molar-refractivity contribution in [3.05, 3.63) is 74.6 Å². The van der Waals surface area contributed by atoms with Crippen LogP contribution in [0.25, 0.3) is 0 Å². The standard InChI is InChI=1S/C22H23Cl2N5O2/c1-2-15-10-26-22(27-11-15)28-7-5-17(6-8-28)31-19-9-21(30)29(14-18(19)23)13-16-3-4-20(24)25-12-16/h3-4,9-12,14,17H,2,5-8,13H2,1H3. The van der Waals surface area contributed by atoms with Gasteiger partial charge in [-0.1, -0.05) is 36.2 Å². The van der Waals surface area contributed by atoms with Crippen molar-refractivity contribution in [1.82, 2.24) is 19.5 Å². The zero-order valence-electron chi connectivity index (χ0n) is 17.2. The van der Waals surface area contributed by atoms with Gasteiger partial charge in [-0.2, -0.15) is 0 Å². The number of piperidine rings is 1. The second kappa shape index (κ2) is 9.66. The summed E-state index contributed by atoms with van der Waals surface area (Å²) in [5.41, 5.74) is 1.80. The van der Waals surface area contributed by atoms with E-state index in [0.717, 1.165) is 49.4 Å². The normalized spacial score (nSPS) is 14.6. The highest BCUT2D eigenvalue weighted by molar-refractivity contribution is 6.31. The van der Waals surface area contributed by atoms with Gasteiger partial charge in [0, 0.05) is 56.8 Å². The van der Waals surface area contributed by atoms with E-state index in [-0.39, 0.29) is 11.7 Å². The minimum absolute atomic E-state index is 0.0145. The number of aryl methyl sites for hydroxylation is 1. The first-order valence-corrected chi connectivity index (χ1v) is 11.0. The summed E-state index contributed by atoms with van der Waals surface area (Å²) in [7, 11) is 0. The maximum atomic E-state index is 12.5. The van der Waals surface area contributed by atoms with Crippen molar-refractivity contribution in [2.45, 2.75) is 38.8 Å². The van der Waals surface area contributed by atoms with Crippen LogP contribution >= 0.6 is 23.2 Å². The maximum Gasteiger partial charge on any atom is 0.254 e. The average molecular weight is 460 g/mol. The molecule has 9 heteroatoms. The van der Waals surface area contributed by atoms with E-state index in [4.69, 9.17) is 27.9 Å². The minimum atomic E-state index is -0.184. The Morgan fingerprint density at radius 2 is 1.77 bits per heavy atom. The second-order valence-electron chi connectivity index (χ2n) is 7.49. The van der Waals surface area contributed by atoms with Gasteiger partial charge in [0.1, 0.15) is 17.0 Å². The molecule has 0 N–H and O–H groups in total. The third-order valence-corrected chi connectivity index (χ3v) is 5.81. The van der Waals surface area contributed by atoms with Crippen LogP contribution < -0.4 is 15.2 Å². The Morgan fingerprint density at radius 1 is 1.06 bits per heavy atom. The van der Waals surface area contributed by atoms with E-state index < -0.39 is 0 Å². The number of hydrogen-bond acceptors (Lipinski definition) is 6. The summed E-state index contributed by atoms with van der Waals surface area (Å²) in [6.07, 6.45) is 9.50. The molecule has 0 amide bonds. The summed E-state index contributed by atoms with van der Waals surface area (Å²) in [5.74, 6) is 1.16.